The van der Waals surface area contributed by atoms with Gasteiger partial charge in [0.2, 0.25) is 0 Å². The molecule has 1 unspecified atom stereocenters. The van der Waals surface area contributed by atoms with Crippen molar-refractivity contribution in [2.75, 3.05) is 46.4 Å². The summed E-state index contributed by atoms with van der Waals surface area (Å²) >= 11 is 1.71. The maximum Gasteiger partial charge on any atom is 0.191 e. The third-order valence-corrected chi connectivity index (χ3v) is 6.29. The number of nitrogens with one attached hydrogen (secondary N) is 2. The molecule has 2 N–H and O–H groups in total. The Morgan fingerprint density at radius 2 is 1.94 bits per heavy atom. The molecule has 1 aromatic heterocycles. The van der Waals surface area contributed by atoms with Gasteiger partial charge in [0, 0.05) is 50.4 Å². The maximum atomic E-state index is 13.4. The molecule has 0 radical (unpaired) electrons. The summed E-state index contributed by atoms with van der Waals surface area (Å²) in [6.45, 7) is 11.1. The quantitative estimate of drug-likeness (QED) is 0.503. The molecule has 8 heteroatoms. The SMILES string of the molecule is CN=C(NCCc1nc(C(C)(C)C)cs1)NCC(c1ccc(F)cc1)N1CCOCC1. The fourth-order valence-electron chi connectivity index (χ4n) is 3.50. The average Bonchev–Trinajstić information content (AvgIpc) is 3.24. The molecule has 31 heavy (non-hydrogen) atoms. The van der Waals surface area contributed by atoms with E-state index in [4.69, 9.17) is 9.72 Å². The van der Waals surface area contributed by atoms with Crippen molar-refractivity contribution >= 4 is 17.3 Å². The van der Waals surface area contributed by atoms with Crippen LogP contribution < -0.4 is 10.6 Å². The van der Waals surface area contributed by atoms with Crippen molar-refractivity contribution < 1.29 is 9.13 Å². The van der Waals surface area contributed by atoms with Gasteiger partial charge in [0.1, 0.15) is 5.82 Å². The molecule has 1 fully saturated rings. The van der Waals surface area contributed by atoms with Crippen molar-refractivity contribution in [3.05, 3.63) is 51.7 Å². The minimum absolute atomic E-state index is 0.0780. The van der Waals surface area contributed by atoms with Gasteiger partial charge in [-0.3, -0.25) is 9.89 Å². The highest BCUT2D eigenvalue weighted by atomic mass is 32.1. The van der Waals surface area contributed by atoms with Crippen LogP contribution in [0.5, 0.6) is 0 Å². The first-order valence-electron chi connectivity index (χ1n) is 10.8. The largest absolute Gasteiger partial charge is 0.379 e. The zero-order valence-corrected chi connectivity index (χ0v) is 19.8. The first-order valence-corrected chi connectivity index (χ1v) is 11.7. The molecule has 2 aromatic rings. The molecular formula is C23H34FN5OS. The lowest BCUT2D eigenvalue weighted by Crippen LogP contribution is -2.46. The Kier molecular flexibility index (Phi) is 8.40. The lowest BCUT2D eigenvalue weighted by atomic mass is 9.93. The van der Waals surface area contributed by atoms with E-state index in [2.05, 4.69) is 46.7 Å². The molecule has 1 saturated heterocycles. The number of hydrogen-bond acceptors (Lipinski definition) is 5. The van der Waals surface area contributed by atoms with E-state index in [-0.39, 0.29) is 17.3 Å². The topological polar surface area (TPSA) is 61.8 Å². The van der Waals surface area contributed by atoms with E-state index in [1.54, 1.807) is 18.4 Å². The second-order valence-electron chi connectivity index (χ2n) is 8.72. The van der Waals surface area contributed by atoms with Crippen molar-refractivity contribution in [3.8, 4) is 0 Å². The van der Waals surface area contributed by atoms with E-state index in [0.29, 0.717) is 6.54 Å². The normalized spacial score (nSPS) is 16.9. The van der Waals surface area contributed by atoms with Gasteiger partial charge >= 0.3 is 0 Å². The standard InChI is InChI=1S/C23H34FN5OS/c1-23(2,3)20-16-31-21(28-20)9-10-26-22(25-4)27-15-19(29-11-13-30-14-12-29)17-5-7-18(24)8-6-17/h5-8,16,19H,9-15H2,1-4H3,(H2,25,26,27). The number of thiazole rings is 1. The first kappa shape index (κ1) is 23.6. The smallest absolute Gasteiger partial charge is 0.191 e. The Balaban J connectivity index is 1.55. The molecule has 0 spiro atoms. The lowest BCUT2D eigenvalue weighted by molar-refractivity contribution is 0.0170. The molecule has 3 rings (SSSR count). The van der Waals surface area contributed by atoms with Gasteiger partial charge in [0.05, 0.1) is 30.0 Å². The number of aromatic nitrogens is 1. The zero-order valence-electron chi connectivity index (χ0n) is 18.9. The van der Waals surface area contributed by atoms with E-state index in [1.807, 2.05) is 12.1 Å². The number of aliphatic imine (C=N–C) groups is 1. The van der Waals surface area contributed by atoms with Gasteiger partial charge in [-0.15, -0.1) is 11.3 Å². The molecule has 1 aliphatic rings. The van der Waals surface area contributed by atoms with E-state index in [9.17, 15) is 4.39 Å². The summed E-state index contributed by atoms with van der Waals surface area (Å²) in [5, 5.41) is 10.1. The van der Waals surface area contributed by atoms with Crippen LogP contribution in [-0.4, -0.2) is 62.3 Å². The Hall–Kier alpha value is -2.03. The summed E-state index contributed by atoms with van der Waals surface area (Å²) in [6.07, 6.45) is 0.853. The van der Waals surface area contributed by atoms with Gasteiger partial charge in [-0.2, -0.15) is 0 Å². The molecule has 0 amide bonds. The van der Waals surface area contributed by atoms with E-state index in [1.165, 1.54) is 12.1 Å². The van der Waals surface area contributed by atoms with Gasteiger partial charge < -0.3 is 15.4 Å². The molecule has 6 nitrogen and oxygen atoms in total. The molecule has 1 aliphatic heterocycles. The predicted octanol–water partition coefficient (Wildman–Crippen LogP) is 3.36. The van der Waals surface area contributed by atoms with Crippen LogP contribution >= 0.6 is 11.3 Å². The monoisotopic (exact) mass is 447 g/mol. The first-order chi connectivity index (χ1) is 14.9. The summed E-state index contributed by atoms with van der Waals surface area (Å²) in [5.41, 5.74) is 2.31. The Bertz CT molecular complexity index is 840. The van der Waals surface area contributed by atoms with Crippen LogP contribution in [0.4, 0.5) is 4.39 Å². The third-order valence-electron chi connectivity index (χ3n) is 5.38. The van der Waals surface area contributed by atoms with E-state index in [0.717, 1.165) is 61.5 Å². The Morgan fingerprint density at radius 1 is 1.23 bits per heavy atom. The van der Waals surface area contributed by atoms with Crippen LogP contribution in [0.15, 0.2) is 34.6 Å². The number of ether oxygens (including phenoxy) is 1. The number of guanidine groups is 1. The number of hydrogen-bond donors (Lipinski definition) is 2. The molecular weight excluding hydrogens is 413 g/mol. The van der Waals surface area contributed by atoms with Crippen molar-refractivity contribution in [2.45, 2.75) is 38.6 Å². The van der Waals surface area contributed by atoms with E-state index >= 15 is 0 Å². The number of halogens is 1. The van der Waals surface area contributed by atoms with Crippen LogP contribution in [0.3, 0.4) is 0 Å². The highest BCUT2D eigenvalue weighted by Crippen LogP contribution is 2.24. The van der Waals surface area contributed by atoms with Crippen LogP contribution in [0.25, 0.3) is 0 Å². The second kappa shape index (κ2) is 11.0. The summed E-state index contributed by atoms with van der Waals surface area (Å²) in [5.74, 6) is 0.541. The number of benzene rings is 1. The van der Waals surface area contributed by atoms with Crippen LogP contribution in [0.1, 0.15) is 43.1 Å². The summed E-state index contributed by atoms with van der Waals surface area (Å²) in [4.78, 5) is 11.5. The minimum atomic E-state index is -0.216. The molecule has 0 bridgehead atoms. The molecule has 2 heterocycles. The van der Waals surface area contributed by atoms with Crippen molar-refractivity contribution in [1.29, 1.82) is 0 Å². The van der Waals surface area contributed by atoms with Crippen LogP contribution in [0.2, 0.25) is 0 Å². The van der Waals surface area contributed by atoms with Gasteiger partial charge in [0.25, 0.3) is 0 Å². The Labute approximate surface area is 188 Å². The third kappa shape index (κ3) is 6.98. The number of nitrogens with zero attached hydrogens (tertiary/aromatic N) is 3. The van der Waals surface area contributed by atoms with E-state index < -0.39 is 0 Å². The molecule has 170 valence electrons. The fourth-order valence-corrected chi connectivity index (χ4v) is 4.53. The zero-order chi connectivity index (χ0) is 22.3. The van der Waals surface area contributed by atoms with Crippen molar-refractivity contribution in [3.63, 3.8) is 0 Å². The maximum absolute atomic E-state index is 13.4. The highest BCUT2D eigenvalue weighted by molar-refractivity contribution is 7.09. The van der Waals surface area contributed by atoms with Crippen molar-refractivity contribution in [2.24, 2.45) is 4.99 Å². The van der Waals surface area contributed by atoms with Gasteiger partial charge in [-0.1, -0.05) is 32.9 Å². The molecule has 1 aromatic carbocycles. The lowest BCUT2D eigenvalue weighted by Gasteiger charge is -2.35. The number of rotatable bonds is 7. The summed E-state index contributed by atoms with van der Waals surface area (Å²) in [6, 6.07) is 6.90. The summed E-state index contributed by atoms with van der Waals surface area (Å²) in [7, 11) is 1.78. The average molecular weight is 448 g/mol. The molecule has 0 saturated carbocycles. The molecule has 0 aliphatic carbocycles. The van der Waals surface area contributed by atoms with Crippen molar-refractivity contribution in [1.82, 2.24) is 20.5 Å². The summed E-state index contributed by atoms with van der Waals surface area (Å²) < 4.78 is 18.9. The van der Waals surface area contributed by atoms with Gasteiger partial charge in [0.15, 0.2) is 5.96 Å². The second-order valence-corrected chi connectivity index (χ2v) is 9.66. The van der Waals surface area contributed by atoms with Gasteiger partial charge in [-0.25, -0.2) is 9.37 Å². The number of morpholine rings is 1. The molecule has 1 atom stereocenters. The van der Waals surface area contributed by atoms with Crippen LogP contribution in [0, 0.1) is 5.82 Å². The van der Waals surface area contributed by atoms with Gasteiger partial charge in [-0.05, 0) is 17.7 Å². The fraction of sp³-hybridized carbons (Fsp3) is 0.565. The van der Waals surface area contributed by atoms with Crippen LogP contribution in [-0.2, 0) is 16.6 Å². The predicted molar refractivity (Wildman–Crippen MR) is 125 cm³/mol. The highest BCUT2D eigenvalue weighted by Gasteiger charge is 2.23. The Morgan fingerprint density at radius 3 is 2.55 bits per heavy atom. The minimum Gasteiger partial charge on any atom is -0.379 e.